The van der Waals surface area contributed by atoms with Crippen LogP contribution < -0.4 is 5.56 Å². The Labute approximate surface area is 111 Å². The van der Waals surface area contributed by atoms with Crippen molar-refractivity contribution in [3.63, 3.8) is 0 Å². The van der Waals surface area contributed by atoms with E-state index < -0.39 is 0 Å². The van der Waals surface area contributed by atoms with E-state index in [-0.39, 0.29) is 11.0 Å². The SMILES string of the molecule is Cn1ncc2c(=O)n(CCCC(C)(C)C#N)cnc21. The van der Waals surface area contributed by atoms with E-state index in [4.69, 9.17) is 5.26 Å². The number of nitrogens with zero attached hydrogens (tertiary/aromatic N) is 5. The highest BCUT2D eigenvalue weighted by molar-refractivity contribution is 5.72. The fourth-order valence-electron chi connectivity index (χ4n) is 1.97. The van der Waals surface area contributed by atoms with Crippen LogP contribution in [0.2, 0.25) is 0 Å². The molecule has 0 spiro atoms. The van der Waals surface area contributed by atoms with Crippen LogP contribution in [0.5, 0.6) is 0 Å². The van der Waals surface area contributed by atoms with Crippen molar-refractivity contribution in [3.05, 3.63) is 22.9 Å². The van der Waals surface area contributed by atoms with Gasteiger partial charge in [0.15, 0.2) is 5.65 Å². The molecule has 2 heterocycles. The minimum Gasteiger partial charge on any atom is -0.299 e. The quantitative estimate of drug-likeness (QED) is 0.833. The average molecular weight is 259 g/mol. The second kappa shape index (κ2) is 4.84. The highest BCUT2D eigenvalue weighted by atomic mass is 16.1. The fourth-order valence-corrected chi connectivity index (χ4v) is 1.97. The molecule has 0 radical (unpaired) electrons. The first kappa shape index (κ1) is 13.3. The first-order chi connectivity index (χ1) is 8.94. The maximum atomic E-state index is 12.2. The topological polar surface area (TPSA) is 76.5 Å². The second-order valence-electron chi connectivity index (χ2n) is 5.35. The minimum atomic E-state index is -0.352. The molecule has 0 unspecified atom stereocenters. The largest absolute Gasteiger partial charge is 0.299 e. The Morgan fingerprint density at radius 2 is 2.21 bits per heavy atom. The van der Waals surface area contributed by atoms with Crippen LogP contribution in [0.25, 0.3) is 11.0 Å². The lowest BCUT2D eigenvalue weighted by atomic mass is 9.90. The molecule has 2 aromatic heterocycles. The van der Waals surface area contributed by atoms with Crippen molar-refractivity contribution in [2.45, 2.75) is 33.2 Å². The fraction of sp³-hybridized carbons (Fsp3) is 0.538. The van der Waals surface area contributed by atoms with Gasteiger partial charge in [-0.2, -0.15) is 10.4 Å². The van der Waals surface area contributed by atoms with E-state index >= 15 is 0 Å². The Morgan fingerprint density at radius 1 is 1.47 bits per heavy atom. The van der Waals surface area contributed by atoms with E-state index in [1.54, 1.807) is 28.8 Å². The molecule has 0 aliphatic carbocycles. The van der Waals surface area contributed by atoms with Crippen LogP contribution in [0, 0.1) is 16.7 Å². The molecule has 0 saturated heterocycles. The zero-order valence-corrected chi connectivity index (χ0v) is 11.4. The summed E-state index contributed by atoms with van der Waals surface area (Å²) in [5.41, 5.74) is 0.168. The Balaban J connectivity index is 2.17. The molecule has 0 aliphatic rings. The molecule has 6 nitrogen and oxygen atoms in total. The van der Waals surface area contributed by atoms with Gasteiger partial charge in [-0.05, 0) is 26.7 Å². The molecule has 0 amide bonds. The lowest BCUT2D eigenvalue weighted by Gasteiger charge is -2.14. The van der Waals surface area contributed by atoms with Gasteiger partial charge in [-0.1, -0.05) is 0 Å². The zero-order chi connectivity index (χ0) is 14.0. The molecule has 0 atom stereocenters. The number of fused-ring (bicyclic) bond motifs is 1. The third-order valence-electron chi connectivity index (χ3n) is 3.22. The van der Waals surface area contributed by atoms with Crippen LogP contribution in [0.15, 0.2) is 17.3 Å². The molecular formula is C13H17N5O. The van der Waals surface area contributed by atoms with Crippen molar-refractivity contribution in [3.8, 4) is 6.07 Å². The first-order valence-electron chi connectivity index (χ1n) is 6.23. The van der Waals surface area contributed by atoms with E-state index in [2.05, 4.69) is 16.2 Å². The predicted molar refractivity (Wildman–Crippen MR) is 71.4 cm³/mol. The highest BCUT2D eigenvalue weighted by Gasteiger charge is 2.16. The van der Waals surface area contributed by atoms with Gasteiger partial charge in [-0.3, -0.25) is 14.0 Å². The number of hydrogen-bond donors (Lipinski definition) is 0. The van der Waals surface area contributed by atoms with Crippen LogP contribution in [0.3, 0.4) is 0 Å². The third-order valence-corrected chi connectivity index (χ3v) is 3.22. The summed E-state index contributed by atoms with van der Waals surface area (Å²) in [4.78, 5) is 16.4. The molecule has 6 heteroatoms. The number of nitriles is 1. The summed E-state index contributed by atoms with van der Waals surface area (Å²) in [6.07, 6.45) is 4.61. The third kappa shape index (κ3) is 2.65. The van der Waals surface area contributed by atoms with Gasteiger partial charge in [0.1, 0.15) is 5.39 Å². The molecule has 0 saturated carbocycles. The summed E-state index contributed by atoms with van der Waals surface area (Å²) in [6, 6.07) is 2.26. The van der Waals surface area contributed by atoms with Crippen LogP contribution >= 0.6 is 0 Å². The number of hydrogen-bond acceptors (Lipinski definition) is 4. The number of aryl methyl sites for hydroxylation is 2. The highest BCUT2D eigenvalue weighted by Crippen LogP contribution is 2.20. The Kier molecular flexibility index (Phi) is 3.38. The predicted octanol–water partition coefficient (Wildman–Crippen LogP) is 1.46. The first-order valence-corrected chi connectivity index (χ1v) is 6.23. The van der Waals surface area contributed by atoms with Gasteiger partial charge in [0.05, 0.1) is 24.0 Å². The van der Waals surface area contributed by atoms with Gasteiger partial charge in [0, 0.05) is 13.6 Å². The standard InChI is InChI=1S/C13H17N5O/c1-13(2,8-14)5-4-6-18-9-15-11-10(12(18)19)7-16-17(11)3/h7,9H,4-6H2,1-3H3. The van der Waals surface area contributed by atoms with Crippen LogP contribution in [-0.4, -0.2) is 19.3 Å². The number of rotatable bonds is 4. The van der Waals surface area contributed by atoms with Gasteiger partial charge in [0.2, 0.25) is 0 Å². The normalized spacial score (nSPS) is 11.7. The smallest absolute Gasteiger partial charge is 0.264 e. The minimum absolute atomic E-state index is 0.0761. The Bertz CT molecular complexity index is 689. The summed E-state index contributed by atoms with van der Waals surface area (Å²) < 4.78 is 3.16. The van der Waals surface area contributed by atoms with E-state index in [0.29, 0.717) is 17.6 Å². The van der Waals surface area contributed by atoms with Crippen molar-refractivity contribution in [1.29, 1.82) is 5.26 Å². The Hall–Kier alpha value is -2.16. The molecule has 100 valence electrons. The van der Waals surface area contributed by atoms with E-state index in [1.807, 2.05) is 13.8 Å². The molecular weight excluding hydrogens is 242 g/mol. The monoisotopic (exact) mass is 259 g/mol. The lowest BCUT2D eigenvalue weighted by molar-refractivity contribution is 0.413. The van der Waals surface area contributed by atoms with Gasteiger partial charge in [-0.15, -0.1) is 0 Å². The van der Waals surface area contributed by atoms with Crippen molar-refractivity contribution < 1.29 is 0 Å². The Morgan fingerprint density at radius 3 is 2.89 bits per heavy atom. The maximum Gasteiger partial charge on any atom is 0.264 e. The molecule has 0 N–H and O–H groups in total. The summed E-state index contributed by atoms with van der Waals surface area (Å²) in [5.74, 6) is 0. The maximum absolute atomic E-state index is 12.2. The van der Waals surface area contributed by atoms with E-state index in [1.165, 1.54) is 0 Å². The summed E-state index contributed by atoms with van der Waals surface area (Å²) in [5, 5.41) is 13.5. The van der Waals surface area contributed by atoms with Crippen molar-refractivity contribution in [2.75, 3.05) is 0 Å². The molecule has 0 aliphatic heterocycles. The van der Waals surface area contributed by atoms with Gasteiger partial charge >= 0.3 is 0 Å². The summed E-state index contributed by atoms with van der Waals surface area (Å²) in [7, 11) is 1.76. The molecule has 19 heavy (non-hydrogen) atoms. The van der Waals surface area contributed by atoms with Crippen LogP contribution in [-0.2, 0) is 13.6 Å². The zero-order valence-electron chi connectivity index (χ0n) is 11.4. The molecule has 0 fully saturated rings. The van der Waals surface area contributed by atoms with Crippen molar-refractivity contribution >= 4 is 11.0 Å². The molecule has 0 aromatic carbocycles. The average Bonchev–Trinajstić information content (AvgIpc) is 2.75. The second-order valence-corrected chi connectivity index (χ2v) is 5.35. The van der Waals surface area contributed by atoms with E-state index in [9.17, 15) is 4.79 Å². The van der Waals surface area contributed by atoms with Crippen molar-refractivity contribution in [1.82, 2.24) is 19.3 Å². The van der Waals surface area contributed by atoms with Gasteiger partial charge in [0.25, 0.3) is 5.56 Å². The lowest BCUT2D eigenvalue weighted by Crippen LogP contribution is -2.21. The summed E-state index contributed by atoms with van der Waals surface area (Å²) >= 11 is 0. The van der Waals surface area contributed by atoms with E-state index in [0.717, 1.165) is 12.8 Å². The van der Waals surface area contributed by atoms with Crippen LogP contribution in [0.4, 0.5) is 0 Å². The number of aromatic nitrogens is 4. The molecule has 2 aromatic rings. The molecule has 2 rings (SSSR count). The summed E-state index contributed by atoms with van der Waals surface area (Å²) in [6.45, 7) is 4.37. The van der Waals surface area contributed by atoms with Gasteiger partial charge in [-0.25, -0.2) is 4.98 Å². The van der Waals surface area contributed by atoms with Crippen molar-refractivity contribution in [2.24, 2.45) is 12.5 Å². The molecule has 0 bridgehead atoms. The van der Waals surface area contributed by atoms with Gasteiger partial charge < -0.3 is 0 Å². The van der Waals surface area contributed by atoms with Crippen LogP contribution in [0.1, 0.15) is 26.7 Å².